The summed E-state index contributed by atoms with van der Waals surface area (Å²) >= 11 is 0. The fraction of sp³-hybridized carbons (Fsp3) is 0.444. The van der Waals surface area contributed by atoms with Crippen LogP contribution in [0.1, 0.15) is 19.5 Å². The van der Waals surface area contributed by atoms with Crippen LogP contribution in [0.4, 0.5) is 5.82 Å². The zero-order valence-corrected chi connectivity index (χ0v) is 8.03. The van der Waals surface area contributed by atoms with Gasteiger partial charge in [0.2, 0.25) is 5.91 Å². The Kier molecular flexibility index (Phi) is 2.95. The number of carbonyl (C=O) groups excluding carboxylic acids is 1. The van der Waals surface area contributed by atoms with Crippen LogP contribution in [0, 0.1) is 12.8 Å². The average Bonchev–Trinajstić information content (AvgIpc) is 2.04. The first-order chi connectivity index (χ1) is 6.09. The van der Waals surface area contributed by atoms with Crippen LogP contribution < -0.4 is 5.32 Å². The van der Waals surface area contributed by atoms with Gasteiger partial charge in [0.25, 0.3) is 0 Å². The lowest BCUT2D eigenvalue weighted by Gasteiger charge is -2.06. The van der Waals surface area contributed by atoms with Crippen LogP contribution in [0.2, 0.25) is 0 Å². The van der Waals surface area contributed by atoms with Crippen molar-refractivity contribution in [2.75, 3.05) is 5.32 Å². The molecule has 70 valence electrons. The number of hydrogen-bond donors (Lipinski definition) is 1. The van der Waals surface area contributed by atoms with Crippen molar-refractivity contribution in [1.29, 1.82) is 0 Å². The first-order valence-electron chi connectivity index (χ1n) is 4.19. The summed E-state index contributed by atoms with van der Waals surface area (Å²) in [5.41, 5.74) is 0.793. The van der Waals surface area contributed by atoms with Crippen LogP contribution in [0.25, 0.3) is 0 Å². The van der Waals surface area contributed by atoms with Gasteiger partial charge in [-0.3, -0.25) is 9.78 Å². The van der Waals surface area contributed by atoms with Crippen LogP contribution in [-0.2, 0) is 4.79 Å². The smallest absolute Gasteiger partial charge is 0.228 e. The van der Waals surface area contributed by atoms with E-state index in [-0.39, 0.29) is 11.8 Å². The molecule has 1 aromatic rings. The summed E-state index contributed by atoms with van der Waals surface area (Å²) in [5.74, 6) is 0.431. The Labute approximate surface area is 77.4 Å². The van der Waals surface area contributed by atoms with Gasteiger partial charge in [0.15, 0.2) is 5.82 Å². The molecule has 4 heteroatoms. The molecule has 1 N–H and O–H groups in total. The predicted octanol–water partition coefficient (Wildman–Crippen LogP) is 1.38. The van der Waals surface area contributed by atoms with E-state index in [1.54, 1.807) is 6.20 Å². The summed E-state index contributed by atoms with van der Waals surface area (Å²) in [4.78, 5) is 19.3. The molecular formula is C9H13N3O. The number of aryl methyl sites for hydroxylation is 1. The van der Waals surface area contributed by atoms with Gasteiger partial charge in [0.05, 0.1) is 11.9 Å². The number of nitrogens with zero attached hydrogens (tertiary/aromatic N) is 2. The van der Waals surface area contributed by atoms with Crippen LogP contribution in [0.15, 0.2) is 12.4 Å². The molecule has 0 atom stereocenters. The summed E-state index contributed by atoms with van der Waals surface area (Å²) in [6.07, 6.45) is 3.18. The second kappa shape index (κ2) is 3.98. The Morgan fingerprint density at radius 1 is 1.46 bits per heavy atom. The lowest BCUT2D eigenvalue weighted by Crippen LogP contribution is -2.18. The third-order valence-corrected chi connectivity index (χ3v) is 1.53. The highest BCUT2D eigenvalue weighted by Gasteiger charge is 2.07. The van der Waals surface area contributed by atoms with Crippen LogP contribution in [-0.4, -0.2) is 15.9 Å². The van der Waals surface area contributed by atoms with Gasteiger partial charge < -0.3 is 5.32 Å². The summed E-state index contributed by atoms with van der Waals surface area (Å²) in [6, 6.07) is 0. The van der Waals surface area contributed by atoms with Crippen molar-refractivity contribution in [2.24, 2.45) is 5.92 Å². The van der Waals surface area contributed by atoms with E-state index in [1.165, 1.54) is 6.20 Å². The van der Waals surface area contributed by atoms with Gasteiger partial charge in [-0.1, -0.05) is 13.8 Å². The van der Waals surface area contributed by atoms with Gasteiger partial charge in [-0.15, -0.1) is 0 Å². The molecule has 13 heavy (non-hydrogen) atoms. The van der Waals surface area contributed by atoms with E-state index >= 15 is 0 Å². The van der Waals surface area contributed by atoms with Gasteiger partial charge >= 0.3 is 0 Å². The number of carbonyl (C=O) groups is 1. The number of rotatable bonds is 2. The molecular weight excluding hydrogens is 166 g/mol. The molecule has 0 aliphatic carbocycles. The van der Waals surface area contributed by atoms with Crippen molar-refractivity contribution in [3.63, 3.8) is 0 Å². The molecule has 0 aliphatic heterocycles. The van der Waals surface area contributed by atoms with E-state index in [0.29, 0.717) is 5.82 Å². The minimum absolute atomic E-state index is 0.0395. The van der Waals surface area contributed by atoms with Crippen LogP contribution in [0.3, 0.4) is 0 Å². The zero-order chi connectivity index (χ0) is 9.84. The summed E-state index contributed by atoms with van der Waals surface area (Å²) in [5, 5.41) is 2.67. The maximum atomic E-state index is 11.2. The van der Waals surface area contributed by atoms with E-state index < -0.39 is 0 Å². The fourth-order valence-corrected chi connectivity index (χ4v) is 0.794. The van der Waals surface area contributed by atoms with Gasteiger partial charge in [-0.25, -0.2) is 4.98 Å². The molecule has 1 amide bonds. The minimum atomic E-state index is -0.0418. The highest BCUT2D eigenvalue weighted by atomic mass is 16.1. The lowest BCUT2D eigenvalue weighted by atomic mass is 10.2. The van der Waals surface area contributed by atoms with Gasteiger partial charge in [0.1, 0.15) is 0 Å². The molecule has 0 bridgehead atoms. The fourth-order valence-electron chi connectivity index (χ4n) is 0.794. The quantitative estimate of drug-likeness (QED) is 0.746. The molecule has 1 rings (SSSR count). The molecule has 0 saturated heterocycles. The topological polar surface area (TPSA) is 54.9 Å². The molecule has 0 aliphatic rings. The van der Waals surface area contributed by atoms with Crippen molar-refractivity contribution >= 4 is 11.7 Å². The number of amides is 1. The van der Waals surface area contributed by atoms with E-state index in [1.807, 2.05) is 20.8 Å². The first kappa shape index (κ1) is 9.64. The molecule has 0 fully saturated rings. The SMILES string of the molecule is Cc1cncc(NC(=O)C(C)C)n1. The van der Waals surface area contributed by atoms with E-state index in [2.05, 4.69) is 15.3 Å². The molecule has 0 radical (unpaired) electrons. The Morgan fingerprint density at radius 3 is 2.69 bits per heavy atom. The Morgan fingerprint density at radius 2 is 2.15 bits per heavy atom. The first-order valence-corrected chi connectivity index (χ1v) is 4.19. The number of anilines is 1. The largest absolute Gasteiger partial charge is 0.309 e. The second-order valence-electron chi connectivity index (χ2n) is 3.19. The maximum Gasteiger partial charge on any atom is 0.228 e. The minimum Gasteiger partial charge on any atom is -0.309 e. The van der Waals surface area contributed by atoms with Crippen molar-refractivity contribution in [3.8, 4) is 0 Å². The zero-order valence-electron chi connectivity index (χ0n) is 8.03. The standard InChI is InChI=1S/C9H13N3O/c1-6(2)9(13)12-8-5-10-4-7(3)11-8/h4-6H,1-3H3,(H,11,12,13). The molecule has 1 aromatic heterocycles. The molecule has 0 spiro atoms. The van der Waals surface area contributed by atoms with Crippen LogP contribution in [0.5, 0.6) is 0 Å². The molecule has 4 nitrogen and oxygen atoms in total. The van der Waals surface area contributed by atoms with Gasteiger partial charge in [0, 0.05) is 12.1 Å². The van der Waals surface area contributed by atoms with E-state index in [4.69, 9.17) is 0 Å². The van der Waals surface area contributed by atoms with Crippen molar-refractivity contribution in [1.82, 2.24) is 9.97 Å². The van der Waals surface area contributed by atoms with Gasteiger partial charge in [-0.2, -0.15) is 0 Å². The second-order valence-corrected chi connectivity index (χ2v) is 3.19. The van der Waals surface area contributed by atoms with Gasteiger partial charge in [-0.05, 0) is 6.92 Å². The molecule has 0 unspecified atom stereocenters. The molecule has 0 saturated carbocycles. The van der Waals surface area contributed by atoms with E-state index in [0.717, 1.165) is 5.69 Å². The van der Waals surface area contributed by atoms with Crippen LogP contribution >= 0.6 is 0 Å². The maximum absolute atomic E-state index is 11.2. The highest BCUT2D eigenvalue weighted by Crippen LogP contribution is 2.03. The average molecular weight is 179 g/mol. The van der Waals surface area contributed by atoms with Crippen molar-refractivity contribution in [2.45, 2.75) is 20.8 Å². The monoisotopic (exact) mass is 179 g/mol. The van der Waals surface area contributed by atoms with E-state index in [9.17, 15) is 4.79 Å². The Bertz CT molecular complexity index is 309. The summed E-state index contributed by atoms with van der Waals surface area (Å²) < 4.78 is 0. The van der Waals surface area contributed by atoms with Crippen molar-refractivity contribution in [3.05, 3.63) is 18.1 Å². The summed E-state index contributed by atoms with van der Waals surface area (Å²) in [7, 11) is 0. The third-order valence-electron chi connectivity index (χ3n) is 1.53. The Balaban J connectivity index is 2.69. The molecule has 1 heterocycles. The number of aromatic nitrogens is 2. The highest BCUT2D eigenvalue weighted by molar-refractivity contribution is 5.90. The van der Waals surface area contributed by atoms with Crippen molar-refractivity contribution < 1.29 is 4.79 Å². The number of hydrogen-bond acceptors (Lipinski definition) is 3. The predicted molar refractivity (Wildman–Crippen MR) is 50.2 cm³/mol. The normalized spacial score (nSPS) is 10.2. The third kappa shape index (κ3) is 2.82. The lowest BCUT2D eigenvalue weighted by molar-refractivity contribution is -0.118. The summed E-state index contributed by atoms with van der Waals surface area (Å²) in [6.45, 7) is 5.50. The molecule has 0 aromatic carbocycles. The number of nitrogens with one attached hydrogen (secondary N) is 1. The Hall–Kier alpha value is -1.45.